The molecule has 3 aromatic carbocycles. The first-order chi connectivity index (χ1) is 15.7. The summed E-state index contributed by atoms with van der Waals surface area (Å²) in [7, 11) is -3.73. The molecule has 0 atom stereocenters. The number of halogens is 1. The van der Waals surface area contributed by atoms with E-state index in [0.29, 0.717) is 30.3 Å². The lowest BCUT2D eigenvalue weighted by Gasteiger charge is -2.36. The van der Waals surface area contributed by atoms with E-state index in [1.54, 1.807) is 29.2 Å². The number of hydrogen-bond donors (Lipinski definition) is 1. The number of anilines is 2. The predicted octanol–water partition coefficient (Wildman–Crippen LogP) is 5.59. The molecule has 0 aromatic heterocycles. The highest BCUT2D eigenvalue weighted by Gasteiger charge is 2.27. The average molecular weight is 484 g/mol. The van der Waals surface area contributed by atoms with Gasteiger partial charge in [-0.25, -0.2) is 13.2 Å². The van der Waals surface area contributed by atoms with Crippen LogP contribution in [0, 0.1) is 13.8 Å². The summed E-state index contributed by atoms with van der Waals surface area (Å²) in [5, 5.41) is 0.469. The van der Waals surface area contributed by atoms with E-state index in [-0.39, 0.29) is 10.9 Å². The maximum atomic E-state index is 13.2. The second-order valence-electron chi connectivity index (χ2n) is 8.31. The Bertz CT molecular complexity index is 1240. The Kier molecular flexibility index (Phi) is 6.63. The highest BCUT2D eigenvalue weighted by Crippen LogP contribution is 2.25. The highest BCUT2D eigenvalue weighted by molar-refractivity contribution is 7.92. The van der Waals surface area contributed by atoms with Crippen LogP contribution in [0.4, 0.5) is 16.2 Å². The van der Waals surface area contributed by atoms with Crippen molar-refractivity contribution in [3.8, 4) is 0 Å². The second-order valence-corrected chi connectivity index (χ2v) is 10.4. The maximum absolute atomic E-state index is 13.2. The number of sulfonamides is 1. The van der Waals surface area contributed by atoms with E-state index in [9.17, 15) is 13.2 Å². The molecule has 1 fully saturated rings. The van der Waals surface area contributed by atoms with Gasteiger partial charge >= 0.3 is 6.03 Å². The van der Waals surface area contributed by atoms with Crippen molar-refractivity contribution in [1.82, 2.24) is 4.90 Å². The van der Waals surface area contributed by atoms with Gasteiger partial charge in [-0.2, -0.15) is 0 Å². The predicted molar refractivity (Wildman–Crippen MR) is 132 cm³/mol. The van der Waals surface area contributed by atoms with Gasteiger partial charge in [-0.3, -0.25) is 9.62 Å². The number of carbonyl (C=O) groups is 1. The summed E-state index contributed by atoms with van der Waals surface area (Å²) >= 11 is 5.84. The van der Waals surface area contributed by atoms with Crippen LogP contribution in [0.5, 0.6) is 0 Å². The van der Waals surface area contributed by atoms with E-state index in [1.807, 2.05) is 4.90 Å². The molecule has 0 saturated carbocycles. The number of amides is 2. The van der Waals surface area contributed by atoms with Gasteiger partial charge in [0.05, 0.1) is 4.90 Å². The molecule has 33 heavy (non-hydrogen) atoms. The molecule has 0 radical (unpaired) electrons. The van der Waals surface area contributed by atoms with Crippen LogP contribution in [0.1, 0.15) is 23.1 Å². The van der Waals surface area contributed by atoms with Crippen LogP contribution in [0.3, 0.4) is 0 Å². The van der Waals surface area contributed by atoms with Gasteiger partial charge in [0.1, 0.15) is 0 Å². The number of carbonyl (C=O) groups excluding carboxylic acids is 1. The number of nitrogens with zero attached hydrogens (tertiary/aromatic N) is 2. The molecule has 1 heterocycles. The van der Waals surface area contributed by atoms with Gasteiger partial charge in [0.2, 0.25) is 0 Å². The Labute approximate surface area is 199 Å². The average Bonchev–Trinajstić information content (AvgIpc) is 2.75. The van der Waals surface area contributed by atoms with Crippen molar-refractivity contribution in [3.63, 3.8) is 0 Å². The summed E-state index contributed by atoms with van der Waals surface area (Å²) < 4.78 is 27.7. The SMILES string of the molecule is Cc1cc(C)cc(CN2CCCN(c3ccc(NS(=O)(=O)c4ccc(Cl)cc4)cc3)C2=O)c1. The third kappa shape index (κ3) is 5.49. The quantitative estimate of drug-likeness (QED) is 0.496. The molecular weight excluding hydrogens is 458 g/mol. The summed E-state index contributed by atoms with van der Waals surface area (Å²) in [6, 6.07) is 19.1. The zero-order valence-corrected chi connectivity index (χ0v) is 20.2. The molecule has 0 unspecified atom stereocenters. The first-order valence-corrected chi connectivity index (χ1v) is 12.6. The third-order valence-corrected chi connectivity index (χ3v) is 7.17. The Morgan fingerprint density at radius 2 is 1.55 bits per heavy atom. The van der Waals surface area contributed by atoms with Crippen molar-refractivity contribution >= 4 is 39.0 Å². The van der Waals surface area contributed by atoms with Gasteiger partial charge in [0.25, 0.3) is 10.0 Å². The topological polar surface area (TPSA) is 69.7 Å². The second kappa shape index (κ2) is 9.45. The monoisotopic (exact) mass is 483 g/mol. The van der Waals surface area contributed by atoms with Crippen LogP contribution in [-0.2, 0) is 16.6 Å². The van der Waals surface area contributed by atoms with E-state index >= 15 is 0 Å². The molecule has 1 saturated heterocycles. The van der Waals surface area contributed by atoms with Gasteiger partial charge in [-0.05, 0) is 74.4 Å². The van der Waals surface area contributed by atoms with E-state index in [2.05, 4.69) is 36.8 Å². The largest absolute Gasteiger partial charge is 0.324 e. The molecule has 6 nitrogen and oxygen atoms in total. The van der Waals surface area contributed by atoms with Crippen molar-refractivity contribution in [2.75, 3.05) is 22.7 Å². The summed E-state index contributed by atoms with van der Waals surface area (Å²) in [5.41, 5.74) is 4.64. The van der Waals surface area contributed by atoms with Crippen molar-refractivity contribution in [2.45, 2.75) is 31.7 Å². The zero-order valence-electron chi connectivity index (χ0n) is 18.6. The number of hydrogen-bond acceptors (Lipinski definition) is 3. The summed E-state index contributed by atoms with van der Waals surface area (Å²) in [4.78, 5) is 16.9. The normalized spacial score (nSPS) is 14.5. The van der Waals surface area contributed by atoms with E-state index in [0.717, 1.165) is 17.7 Å². The zero-order chi connectivity index (χ0) is 23.6. The lowest BCUT2D eigenvalue weighted by atomic mass is 10.1. The van der Waals surface area contributed by atoms with Gasteiger partial charge in [-0.15, -0.1) is 0 Å². The van der Waals surface area contributed by atoms with Gasteiger partial charge in [-0.1, -0.05) is 40.9 Å². The number of rotatable bonds is 6. The lowest BCUT2D eigenvalue weighted by molar-refractivity contribution is 0.192. The number of nitrogens with one attached hydrogen (secondary N) is 1. The van der Waals surface area contributed by atoms with Crippen molar-refractivity contribution in [3.05, 3.63) is 88.4 Å². The molecule has 4 rings (SSSR count). The first kappa shape index (κ1) is 23.1. The smallest absolute Gasteiger partial charge is 0.320 e. The fraction of sp³-hybridized carbons (Fsp3) is 0.240. The molecule has 1 N–H and O–H groups in total. The third-order valence-electron chi connectivity index (χ3n) is 5.52. The van der Waals surface area contributed by atoms with Gasteiger partial charge in [0, 0.05) is 36.0 Å². The van der Waals surface area contributed by atoms with Crippen molar-refractivity contribution in [1.29, 1.82) is 0 Å². The summed E-state index contributed by atoms with van der Waals surface area (Å²) in [5.74, 6) is 0. The van der Waals surface area contributed by atoms with Crippen LogP contribution < -0.4 is 9.62 Å². The summed E-state index contributed by atoms with van der Waals surface area (Å²) in [6.07, 6.45) is 0.863. The molecule has 0 aliphatic carbocycles. The molecule has 0 spiro atoms. The Hall–Kier alpha value is -3.03. The number of aryl methyl sites for hydroxylation is 2. The Morgan fingerprint density at radius 1 is 0.909 bits per heavy atom. The molecule has 8 heteroatoms. The molecule has 1 aliphatic rings. The molecule has 1 aliphatic heterocycles. The van der Waals surface area contributed by atoms with Crippen molar-refractivity contribution < 1.29 is 13.2 Å². The molecule has 3 aromatic rings. The van der Waals surface area contributed by atoms with Gasteiger partial charge < -0.3 is 4.90 Å². The molecule has 2 amide bonds. The van der Waals surface area contributed by atoms with Crippen LogP contribution in [0.15, 0.2) is 71.6 Å². The van der Waals surface area contributed by atoms with Crippen LogP contribution >= 0.6 is 11.6 Å². The Morgan fingerprint density at radius 3 is 2.18 bits per heavy atom. The minimum absolute atomic E-state index is 0.0464. The van der Waals surface area contributed by atoms with Gasteiger partial charge in [0.15, 0.2) is 0 Å². The summed E-state index contributed by atoms with van der Waals surface area (Å²) in [6.45, 7) is 6.02. The Balaban J connectivity index is 1.46. The fourth-order valence-corrected chi connectivity index (χ4v) is 5.27. The molecule has 172 valence electrons. The maximum Gasteiger partial charge on any atom is 0.324 e. The standard InChI is InChI=1S/C25H26ClN3O3S/c1-18-14-19(2)16-20(15-18)17-28-12-3-13-29(25(28)30)23-8-6-22(7-9-23)27-33(31,32)24-10-4-21(26)5-11-24/h4-11,14-16,27H,3,12-13,17H2,1-2H3. The number of urea groups is 1. The van der Waals surface area contributed by atoms with Crippen molar-refractivity contribution in [2.24, 2.45) is 0 Å². The van der Waals surface area contributed by atoms with E-state index < -0.39 is 10.0 Å². The lowest BCUT2D eigenvalue weighted by Crippen LogP contribution is -2.49. The van der Waals surface area contributed by atoms with Crippen LogP contribution in [-0.4, -0.2) is 32.4 Å². The number of benzene rings is 3. The molecule has 0 bridgehead atoms. The fourth-order valence-electron chi connectivity index (χ4n) is 4.09. The van der Waals surface area contributed by atoms with E-state index in [1.165, 1.54) is 35.4 Å². The van der Waals surface area contributed by atoms with Crippen LogP contribution in [0.2, 0.25) is 5.02 Å². The minimum Gasteiger partial charge on any atom is -0.320 e. The highest BCUT2D eigenvalue weighted by atomic mass is 35.5. The first-order valence-electron chi connectivity index (χ1n) is 10.7. The van der Waals surface area contributed by atoms with Crippen LogP contribution in [0.25, 0.3) is 0 Å². The van der Waals surface area contributed by atoms with E-state index in [4.69, 9.17) is 11.6 Å². The minimum atomic E-state index is -3.73. The molecular formula is C25H26ClN3O3S.